The highest BCUT2D eigenvalue weighted by molar-refractivity contribution is 6.66. The van der Waals surface area contributed by atoms with Gasteiger partial charge in [0, 0.05) is 13.2 Å². The first-order valence-electron chi connectivity index (χ1n) is 7.91. The molecule has 0 aliphatic rings. The predicted molar refractivity (Wildman–Crippen MR) is 95.7 cm³/mol. The summed E-state index contributed by atoms with van der Waals surface area (Å²) in [5.41, 5.74) is 0. The van der Waals surface area contributed by atoms with Crippen LogP contribution in [0, 0.1) is 0 Å². The fourth-order valence-electron chi connectivity index (χ4n) is 2.53. The number of hydrogen-bond donors (Lipinski definition) is 0. The number of hydrogen-bond acceptors (Lipinski definition) is 3. The Balaban J connectivity index is 4.24. The fraction of sp³-hybridized carbons (Fsp3) is 1.00. The van der Waals surface area contributed by atoms with Crippen LogP contribution in [0.2, 0.25) is 38.8 Å². The van der Waals surface area contributed by atoms with Crippen molar-refractivity contribution in [1.29, 1.82) is 0 Å². The van der Waals surface area contributed by atoms with Gasteiger partial charge in [0.15, 0.2) is 0 Å². The van der Waals surface area contributed by atoms with Gasteiger partial charge in [-0.25, -0.2) is 0 Å². The van der Waals surface area contributed by atoms with Crippen LogP contribution in [0.1, 0.15) is 20.3 Å². The van der Waals surface area contributed by atoms with Crippen molar-refractivity contribution in [2.45, 2.75) is 59.0 Å². The van der Waals surface area contributed by atoms with Gasteiger partial charge in [-0.05, 0) is 51.7 Å². The van der Waals surface area contributed by atoms with Crippen molar-refractivity contribution in [1.82, 2.24) is 4.90 Å². The monoisotopic (exact) mass is 333 g/mol. The molecule has 0 aromatic carbocycles. The third-order valence-corrected chi connectivity index (χ3v) is 8.30. The zero-order valence-electron chi connectivity index (χ0n) is 14.7. The summed E-state index contributed by atoms with van der Waals surface area (Å²) in [6, 6.07) is 1.12. The predicted octanol–water partition coefficient (Wildman–Crippen LogP) is 3.41. The van der Waals surface area contributed by atoms with E-state index in [9.17, 15) is 0 Å². The van der Waals surface area contributed by atoms with Gasteiger partial charge in [0.1, 0.15) is 0 Å². The topological polar surface area (TPSA) is 21.7 Å². The summed E-state index contributed by atoms with van der Waals surface area (Å²) in [6.07, 6.45) is 3.86. The molecule has 0 rings (SSSR count). The Bertz CT molecular complexity index is 224. The summed E-state index contributed by atoms with van der Waals surface area (Å²) in [7, 11) is -2.25. The molecule has 3 nitrogen and oxygen atoms in total. The molecule has 20 heavy (non-hydrogen) atoms. The first kappa shape index (κ1) is 20.5. The molecule has 0 bridgehead atoms. The van der Waals surface area contributed by atoms with E-state index in [0.717, 1.165) is 19.3 Å². The maximum absolute atomic E-state index is 5.92. The largest absolute Gasteiger partial charge is 0.395 e. The molecule has 0 spiro atoms. The molecule has 120 valence electrons. The second kappa shape index (κ2) is 11.1. The molecule has 0 saturated heterocycles. The summed E-state index contributed by atoms with van der Waals surface area (Å²) < 4.78 is 11.8. The van der Waals surface area contributed by atoms with Gasteiger partial charge in [0.25, 0.3) is 0 Å². The first-order chi connectivity index (χ1) is 9.33. The van der Waals surface area contributed by atoms with E-state index >= 15 is 0 Å². The minimum Gasteiger partial charge on any atom is -0.395 e. The molecule has 0 N–H and O–H groups in total. The normalized spacial score (nSPS) is 12.9. The molecule has 0 atom stereocenters. The molecule has 0 aliphatic carbocycles. The third kappa shape index (κ3) is 10.3. The molecule has 0 fully saturated rings. The molecule has 6 heteroatoms. The Morgan fingerprint density at radius 2 is 1.35 bits per heavy atom. The van der Waals surface area contributed by atoms with Crippen LogP contribution >= 0.6 is 0 Å². The van der Waals surface area contributed by atoms with E-state index in [-0.39, 0.29) is 17.6 Å². The van der Waals surface area contributed by atoms with Crippen LogP contribution in [0.25, 0.3) is 0 Å². The minimum absolute atomic E-state index is 0.172. The maximum atomic E-state index is 5.92. The van der Waals surface area contributed by atoms with Crippen molar-refractivity contribution in [3.63, 3.8) is 0 Å². The van der Waals surface area contributed by atoms with Gasteiger partial charge < -0.3 is 13.8 Å². The van der Waals surface area contributed by atoms with Gasteiger partial charge in [-0.3, -0.25) is 0 Å². The molecular formula is C14H35NO2Si3. The average Bonchev–Trinajstić information content (AvgIpc) is 2.27. The second-order valence-corrected chi connectivity index (χ2v) is 15.0. The van der Waals surface area contributed by atoms with Gasteiger partial charge in [0.2, 0.25) is 0 Å². The van der Waals surface area contributed by atoms with E-state index in [1.807, 2.05) is 0 Å². The maximum Gasteiger partial charge on any atom is 0.334 e. The summed E-state index contributed by atoms with van der Waals surface area (Å²) in [4.78, 5) is 2.69. The highest BCUT2D eigenvalue weighted by atomic mass is 28.4. The Morgan fingerprint density at radius 3 is 1.70 bits per heavy atom. The minimum atomic E-state index is -1.91. The van der Waals surface area contributed by atoms with Gasteiger partial charge in [-0.1, -0.05) is 26.2 Å². The summed E-state index contributed by atoms with van der Waals surface area (Å²) in [5, 5.41) is 0. The fourth-order valence-corrected chi connectivity index (χ4v) is 7.47. The van der Waals surface area contributed by atoms with Gasteiger partial charge >= 0.3 is 8.56 Å². The van der Waals surface area contributed by atoms with Crippen molar-refractivity contribution < 1.29 is 8.85 Å². The zero-order chi connectivity index (χ0) is 15.6. The lowest BCUT2D eigenvalue weighted by Gasteiger charge is -2.29. The van der Waals surface area contributed by atoms with Crippen molar-refractivity contribution in [3.8, 4) is 0 Å². The molecule has 0 amide bonds. The van der Waals surface area contributed by atoms with E-state index in [2.05, 4.69) is 51.5 Å². The SMILES string of the molecule is CCO[Si](C)(CCCN(C[Si](C)C)C[Si](C)C)OCC. The van der Waals surface area contributed by atoms with E-state index in [1.165, 1.54) is 25.3 Å². The van der Waals surface area contributed by atoms with E-state index in [0.29, 0.717) is 0 Å². The van der Waals surface area contributed by atoms with Gasteiger partial charge in [0.05, 0.1) is 17.6 Å². The van der Waals surface area contributed by atoms with Crippen molar-refractivity contribution >= 4 is 26.2 Å². The molecular weight excluding hydrogens is 298 g/mol. The second-order valence-electron chi connectivity index (χ2n) is 6.23. The van der Waals surface area contributed by atoms with E-state index in [1.54, 1.807) is 0 Å². The smallest absolute Gasteiger partial charge is 0.334 e. The molecule has 0 aliphatic heterocycles. The molecule has 0 aromatic rings. The van der Waals surface area contributed by atoms with Crippen LogP contribution in [0.5, 0.6) is 0 Å². The Labute approximate surface area is 131 Å². The van der Waals surface area contributed by atoms with E-state index in [4.69, 9.17) is 8.85 Å². The molecule has 2 radical (unpaired) electrons. The average molecular weight is 334 g/mol. The van der Waals surface area contributed by atoms with Gasteiger partial charge in [-0.15, -0.1) is 0 Å². The summed E-state index contributed by atoms with van der Waals surface area (Å²) >= 11 is 0. The summed E-state index contributed by atoms with van der Waals surface area (Å²) in [6.45, 7) is 18.8. The molecule has 0 unspecified atom stereocenters. The highest BCUT2D eigenvalue weighted by Gasteiger charge is 2.30. The molecule has 0 aromatic heterocycles. The Morgan fingerprint density at radius 1 is 0.900 bits per heavy atom. The molecule has 0 saturated carbocycles. The van der Waals surface area contributed by atoms with E-state index < -0.39 is 8.56 Å². The lowest BCUT2D eigenvalue weighted by molar-refractivity contribution is 0.187. The Kier molecular flexibility index (Phi) is 11.4. The standard InChI is InChI=1S/C14H35NO2Si3/c1-8-16-20(7,17-9-2)12-10-11-15(13-18(3)4)14-19(5)6/h8-14H2,1-7H3. The van der Waals surface area contributed by atoms with Crippen molar-refractivity contribution in [2.75, 3.05) is 32.1 Å². The van der Waals surface area contributed by atoms with Crippen LogP contribution < -0.4 is 0 Å². The summed E-state index contributed by atoms with van der Waals surface area (Å²) in [5.74, 6) is 0. The van der Waals surface area contributed by atoms with Crippen LogP contribution in [-0.2, 0) is 8.85 Å². The highest BCUT2D eigenvalue weighted by Crippen LogP contribution is 2.16. The van der Waals surface area contributed by atoms with Crippen molar-refractivity contribution in [2.24, 2.45) is 0 Å². The zero-order valence-corrected chi connectivity index (χ0v) is 17.7. The van der Waals surface area contributed by atoms with Crippen LogP contribution in [0.4, 0.5) is 0 Å². The van der Waals surface area contributed by atoms with Gasteiger partial charge in [-0.2, -0.15) is 0 Å². The van der Waals surface area contributed by atoms with Crippen LogP contribution in [0.15, 0.2) is 0 Å². The van der Waals surface area contributed by atoms with Crippen molar-refractivity contribution in [3.05, 3.63) is 0 Å². The number of nitrogens with zero attached hydrogens (tertiary/aromatic N) is 1. The lowest BCUT2D eigenvalue weighted by atomic mass is 10.4. The quantitative estimate of drug-likeness (QED) is 0.511. The third-order valence-electron chi connectivity index (χ3n) is 3.08. The molecule has 0 heterocycles. The number of rotatable bonds is 12. The Hall–Kier alpha value is 0.531. The van der Waals surface area contributed by atoms with Crippen LogP contribution in [-0.4, -0.2) is 63.1 Å². The lowest BCUT2D eigenvalue weighted by Crippen LogP contribution is -2.41. The van der Waals surface area contributed by atoms with Crippen LogP contribution in [0.3, 0.4) is 0 Å². The first-order valence-corrected chi connectivity index (χ1v) is 15.8.